The maximum atomic E-state index is 12.3. The van der Waals surface area contributed by atoms with Crippen LogP contribution in [0.25, 0.3) is 10.8 Å². The van der Waals surface area contributed by atoms with Gasteiger partial charge in [0.2, 0.25) is 5.91 Å². The van der Waals surface area contributed by atoms with Crippen LogP contribution < -0.4 is 5.32 Å². The van der Waals surface area contributed by atoms with Gasteiger partial charge in [-0.1, -0.05) is 49.7 Å². The largest absolute Gasteiger partial charge is 0.342 e. The van der Waals surface area contributed by atoms with Crippen LogP contribution in [0.4, 0.5) is 0 Å². The Kier molecular flexibility index (Phi) is 4.76. The van der Waals surface area contributed by atoms with E-state index in [1.807, 2.05) is 0 Å². The van der Waals surface area contributed by atoms with Crippen LogP contribution in [0.1, 0.15) is 38.2 Å². The third-order valence-electron chi connectivity index (χ3n) is 5.88. The molecule has 4 rings (SSSR count). The number of nitrogens with one attached hydrogen (secondary N) is 1. The second-order valence-electron chi connectivity index (χ2n) is 7.68. The fourth-order valence-electron chi connectivity index (χ4n) is 4.10. The van der Waals surface area contributed by atoms with Crippen molar-refractivity contribution in [3.8, 4) is 0 Å². The average molecular weight is 336 g/mol. The molecule has 0 radical (unpaired) electrons. The van der Waals surface area contributed by atoms with Crippen LogP contribution in [-0.2, 0) is 11.3 Å². The van der Waals surface area contributed by atoms with Crippen molar-refractivity contribution in [2.75, 3.05) is 13.1 Å². The highest BCUT2D eigenvalue weighted by Crippen LogP contribution is 2.33. The normalized spacial score (nSPS) is 23.8. The maximum Gasteiger partial charge on any atom is 0.225 e. The van der Waals surface area contributed by atoms with Gasteiger partial charge in [-0.15, -0.1) is 0 Å². The molecule has 3 heteroatoms. The lowest BCUT2D eigenvalue weighted by atomic mass is 9.89. The molecule has 2 fully saturated rings. The van der Waals surface area contributed by atoms with Crippen LogP contribution in [0.3, 0.4) is 0 Å². The summed E-state index contributed by atoms with van der Waals surface area (Å²) in [4.78, 5) is 14.5. The highest BCUT2D eigenvalue weighted by atomic mass is 16.2. The Morgan fingerprint density at radius 2 is 1.92 bits per heavy atom. The molecule has 2 aliphatic rings. The van der Waals surface area contributed by atoms with Gasteiger partial charge in [0.25, 0.3) is 0 Å². The van der Waals surface area contributed by atoms with Crippen molar-refractivity contribution in [2.45, 2.75) is 45.2 Å². The highest BCUT2D eigenvalue weighted by molar-refractivity contribution is 5.83. The van der Waals surface area contributed by atoms with Crippen LogP contribution >= 0.6 is 0 Å². The second kappa shape index (κ2) is 7.17. The van der Waals surface area contributed by atoms with Gasteiger partial charge >= 0.3 is 0 Å². The topological polar surface area (TPSA) is 32.3 Å². The van der Waals surface area contributed by atoms with E-state index in [9.17, 15) is 4.79 Å². The van der Waals surface area contributed by atoms with Gasteiger partial charge in [-0.3, -0.25) is 4.79 Å². The predicted molar refractivity (Wildman–Crippen MR) is 102 cm³/mol. The minimum atomic E-state index is 0.347. The van der Waals surface area contributed by atoms with Gasteiger partial charge in [0.1, 0.15) is 0 Å². The van der Waals surface area contributed by atoms with Crippen molar-refractivity contribution in [2.24, 2.45) is 11.8 Å². The van der Waals surface area contributed by atoms with Gasteiger partial charge < -0.3 is 10.2 Å². The first kappa shape index (κ1) is 16.6. The van der Waals surface area contributed by atoms with Crippen LogP contribution in [0.5, 0.6) is 0 Å². The zero-order chi connectivity index (χ0) is 17.2. The van der Waals surface area contributed by atoms with E-state index >= 15 is 0 Å². The number of piperidine rings is 1. The summed E-state index contributed by atoms with van der Waals surface area (Å²) in [6.45, 7) is 5.01. The number of nitrogens with zero attached hydrogens (tertiary/aromatic N) is 1. The Labute approximate surface area is 150 Å². The van der Waals surface area contributed by atoms with Crippen molar-refractivity contribution in [1.82, 2.24) is 10.2 Å². The molecule has 2 aromatic rings. The van der Waals surface area contributed by atoms with Gasteiger partial charge in [-0.05, 0) is 47.6 Å². The van der Waals surface area contributed by atoms with Gasteiger partial charge in [0.15, 0.2) is 0 Å². The number of rotatable bonds is 5. The molecule has 132 valence electrons. The zero-order valence-electron chi connectivity index (χ0n) is 15.1. The molecule has 1 amide bonds. The van der Waals surface area contributed by atoms with E-state index in [1.54, 1.807) is 0 Å². The first-order chi connectivity index (χ1) is 12.2. The Hall–Kier alpha value is -1.87. The van der Waals surface area contributed by atoms with Gasteiger partial charge in [-0.2, -0.15) is 0 Å². The molecule has 1 saturated heterocycles. The van der Waals surface area contributed by atoms with Crippen LogP contribution in [-0.4, -0.2) is 29.9 Å². The van der Waals surface area contributed by atoms with Gasteiger partial charge in [-0.25, -0.2) is 0 Å². The summed E-state index contributed by atoms with van der Waals surface area (Å²) in [5.41, 5.74) is 1.34. The smallest absolute Gasteiger partial charge is 0.225 e. The van der Waals surface area contributed by atoms with Crippen LogP contribution in [0.2, 0.25) is 0 Å². The fourth-order valence-corrected chi connectivity index (χ4v) is 4.10. The number of likely N-dealkylation sites (tertiary alicyclic amines) is 1. The third kappa shape index (κ3) is 3.72. The molecule has 0 spiro atoms. The van der Waals surface area contributed by atoms with Gasteiger partial charge in [0, 0.05) is 31.6 Å². The summed E-state index contributed by atoms with van der Waals surface area (Å²) in [6, 6.07) is 15.8. The zero-order valence-corrected chi connectivity index (χ0v) is 15.1. The molecule has 0 bridgehead atoms. The van der Waals surface area contributed by atoms with E-state index in [0.29, 0.717) is 23.8 Å². The number of carbonyl (C=O) groups is 1. The Bertz CT molecular complexity index is 753. The molecular formula is C22H28N2O. The standard InChI is InChI=1S/C22H28N2O/c1-2-17-15-24(22(25)19-9-10-19)12-11-21(17)23-14-16-7-8-18-5-3-4-6-20(18)13-16/h3-8,13,17,19,21,23H,2,9-12,14-15H2,1H3/t17-,21+/m0/s1. The van der Waals surface area contributed by atoms with E-state index in [-0.39, 0.29) is 0 Å². The van der Waals surface area contributed by atoms with Crippen molar-refractivity contribution in [3.05, 3.63) is 48.0 Å². The Balaban J connectivity index is 1.37. The minimum absolute atomic E-state index is 0.347. The number of amides is 1. The van der Waals surface area contributed by atoms with E-state index < -0.39 is 0 Å². The minimum Gasteiger partial charge on any atom is -0.342 e. The third-order valence-corrected chi connectivity index (χ3v) is 5.88. The summed E-state index contributed by atoms with van der Waals surface area (Å²) in [6.07, 6.45) is 4.42. The summed E-state index contributed by atoms with van der Waals surface area (Å²) in [5.74, 6) is 1.32. The van der Waals surface area contributed by atoms with E-state index in [1.165, 1.54) is 16.3 Å². The first-order valence-electron chi connectivity index (χ1n) is 9.74. The molecular weight excluding hydrogens is 308 g/mol. The van der Waals surface area contributed by atoms with Crippen LogP contribution in [0, 0.1) is 11.8 Å². The SMILES string of the molecule is CC[C@H]1CN(C(=O)C2CC2)CC[C@H]1NCc1ccc2ccccc2c1. The Morgan fingerprint density at radius 3 is 2.68 bits per heavy atom. The molecule has 1 aliphatic heterocycles. The summed E-state index contributed by atoms with van der Waals surface area (Å²) >= 11 is 0. The first-order valence-corrected chi connectivity index (χ1v) is 9.74. The van der Waals surface area contributed by atoms with Crippen molar-refractivity contribution >= 4 is 16.7 Å². The fraction of sp³-hybridized carbons (Fsp3) is 0.500. The average Bonchev–Trinajstić information content (AvgIpc) is 3.50. The number of carbonyl (C=O) groups excluding carboxylic acids is 1. The Morgan fingerprint density at radius 1 is 1.12 bits per heavy atom. The molecule has 0 unspecified atom stereocenters. The lowest BCUT2D eigenvalue weighted by Crippen LogP contribution is -2.51. The molecule has 3 nitrogen and oxygen atoms in total. The number of benzene rings is 2. The van der Waals surface area contributed by atoms with E-state index in [0.717, 1.165) is 45.3 Å². The number of hydrogen-bond acceptors (Lipinski definition) is 2. The summed E-state index contributed by atoms with van der Waals surface area (Å²) in [7, 11) is 0. The molecule has 1 aliphatic carbocycles. The van der Waals surface area contributed by atoms with Crippen molar-refractivity contribution in [3.63, 3.8) is 0 Å². The second-order valence-corrected chi connectivity index (χ2v) is 7.68. The summed E-state index contributed by atoms with van der Waals surface area (Å²) in [5, 5.41) is 6.37. The van der Waals surface area contributed by atoms with E-state index in [2.05, 4.69) is 59.6 Å². The molecule has 2 atom stereocenters. The van der Waals surface area contributed by atoms with Crippen molar-refractivity contribution in [1.29, 1.82) is 0 Å². The molecule has 2 aromatic carbocycles. The van der Waals surface area contributed by atoms with E-state index in [4.69, 9.17) is 0 Å². The molecule has 1 heterocycles. The monoisotopic (exact) mass is 336 g/mol. The van der Waals surface area contributed by atoms with Crippen molar-refractivity contribution < 1.29 is 4.79 Å². The maximum absolute atomic E-state index is 12.3. The summed E-state index contributed by atoms with van der Waals surface area (Å²) < 4.78 is 0. The number of fused-ring (bicyclic) bond motifs is 1. The van der Waals surface area contributed by atoms with Crippen LogP contribution in [0.15, 0.2) is 42.5 Å². The predicted octanol–water partition coefficient (Wildman–Crippen LogP) is 3.97. The molecule has 0 aromatic heterocycles. The lowest BCUT2D eigenvalue weighted by Gasteiger charge is -2.39. The lowest BCUT2D eigenvalue weighted by molar-refractivity contribution is -0.134. The highest BCUT2D eigenvalue weighted by Gasteiger charge is 2.37. The number of hydrogen-bond donors (Lipinski definition) is 1. The van der Waals surface area contributed by atoms with Gasteiger partial charge in [0.05, 0.1) is 0 Å². The molecule has 1 N–H and O–H groups in total. The quantitative estimate of drug-likeness (QED) is 0.896. The molecule has 1 saturated carbocycles. The molecule has 25 heavy (non-hydrogen) atoms.